The Labute approximate surface area is 179 Å². The van der Waals surface area contributed by atoms with Crippen molar-refractivity contribution >= 4 is 17.5 Å². The molecule has 1 aliphatic carbocycles. The van der Waals surface area contributed by atoms with Gasteiger partial charge in [-0.3, -0.25) is 9.59 Å². The van der Waals surface area contributed by atoms with E-state index in [1.54, 1.807) is 0 Å². The van der Waals surface area contributed by atoms with Gasteiger partial charge in [0.15, 0.2) is 0 Å². The first-order chi connectivity index (χ1) is 14.6. The van der Waals surface area contributed by atoms with Crippen molar-refractivity contribution in [3.63, 3.8) is 0 Å². The summed E-state index contributed by atoms with van der Waals surface area (Å²) in [4.78, 5) is 28.6. The van der Waals surface area contributed by atoms with Crippen molar-refractivity contribution in [3.05, 3.63) is 29.6 Å². The van der Waals surface area contributed by atoms with Crippen molar-refractivity contribution in [1.29, 1.82) is 0 Å². The molecule has 0 radical (unpaired) electrons. The van der Waals surface area contributed by atoms with Crippen molar-refractivity contribution in [2.75, 3.05) is 44.2 Å². The fourth-order valence-electron chi connectivity index (χ4n) is 4.32. The number of hydrogen-bond donors (Lipinski definition) is 2. The quantitative estimate of drug-likeness (QED) is 0.681. The highest BCUT2D eigenvalue weighted by atomic mass is 19.1. The second kappa shape index (κ2) is 11.3. The van der Waals surface area contributed by atoms with Crippen LogP contribution in [0.1, 0.15) is 51.0 Å². The number of carbonyl (C=O) groups is 2. The average molecular weight is 419 g/mol. The van der Waals surface area contributed by atoms with Gasteiger partial charge in [-0.15, -0.1) is 0 Å². The molecule has 2 aliphatic rings. The minimum absolute atomic E-state index is 0.0694. The molecule has 2 amide bonds. The minimum atomic E-state index is -0.244. The summed E-state index contributed by atoms with van der Waals surface area (Å²) in [5, 5.41) is 5.69. The summed E-state index contributed by atoms with van der Waals surface area (Å²) >= 11 is 0. The number of anilines is 1. The summed E-state index contributed by atoms with van der Waals surface area (Å²) in [6.45, 7) is 7.36. The number of nitrogens with zero attached hydrogens (tertiary/aromatic N) is 2. The summed E-state index contributed by atoms with van der Waals surface area (Å²) in [6, 6.07) is 5.19. The molecular weight excluding hydrogens is 383 g/mol. The van der Waals surface area contributed by atoms with Crippen molar-refractivity contribution in [1.82, 2.24) is 15.5 Å². The summed E-state index contributed by atoms with van der Waals surface area (Å²) in [7, 11) is 0. The van der Waals surface area contributed by atoms with Gasteiger partial charge in [0, 0.05) is 51.6 Å². The molecule has 1 saturated heterocycles. The van der Waals surface area contributed by atoms with Crippen LogP contribution >= 0.6 is 0 Å². The van der Waals surface area contributed by atoms with Gasteiger partial charge >= 0.3 is 0 Å². The van der Waals surface area contributed by atoms with E-state index in [0.29, 0.717) is 12.2 Å². The largest absolute Gasteiger partial charge is 0.367 e. The van der Waals surface area contributed by atoms with Gasteiger partial charge in [0.2, 0.25) is 11.8 Å². The predicted molar refractivity (Wildman–Crippen MR) is 117 cm³/mol. The molecule has 1 heterocycles. The van der Waals surface area contributed by atoms with Gasteiger partial charge in [-0.1, -0.05) is 32.3 Å². The third-order valence-corrected chi connectivity index (χ3v) is 6.29. The van der Waals surface area contributed by atoms with Crippen LogP contribution in [0.3, 0.4) is 0 Å². The van der Waals surface area contributed by atoms with E-state index in [-0.39, 0.29) is 36.5 Å². The van der Waals surface area contributed by atoms with Crippen molar-refractivity contribution < 1.29 is 14.0 Å². The van der Waals surface area contributed by atoms with Gasteiger partial charge in [-0.05, 0) is 37.1 Å². The van der Waals surface area contributed by atoms with Crippen LogP contribution in [0.15, 0.2) is 18.2 Å². The number of piperazine rings is 1. The van der Waals surface area contributed by atoms with E-state index in [4.69, 9.17) is 0 Å². The standard InChI is InChI=1S/C23H35FN4O2/c1-2-27-12-14-28(15-13-27)21-9-8-18(16-20(21)24)17-26-22(29)10-11-25-23(30)19-6-4-3-5-7-19/h8-9,16,19H,2-7,10-15,17H2,1H3,(H,25,30)(H,26,29). The third kappa shape index (κ3) is 6.42. The Kier molecular flexibility index (Phi) is 8.49. The van der Waals surface area contributed by atoms with Gasteiger partial charge in [0.1, 0.15) is 5.82 Å². The maximum Gasteiger partial charge on any atom is 0.223 e. The lowest BCUT2D eigenvalue weighted by Crippen LogP contribution is -2.46. The lowest BCUT2D eigenvalue weighted by atomic mass is 9.89. The number of nitrogens with one attached hydrogen (secondary N) is 2. The van der Waals surface area contributed by atoms with E-state index in [9.17, 15) is 14.0 Å². The Morgan fingerprint density at radius 3 is 2.47 bits per heavy atom. The second-order valence-corrected chi connectivity index (χ2v) is 8.36. The van der Waals surface area contributed by atoms with Crippen LogP contribution in [-0.4, -0.2) is 56.0 Å². The van der Waals surface area contributed by atoms with Gasteiger partial charge in [0.25, 0.3) is 0 Å². The fraction of sp³-hybridized carbons (Fsp3) is 0.652. The number of carbonyl (C=O) groups excluding carboxylic acids is 2. The Bertz CT molecular complexity index is 713. The Morgan fingerprint density at radius 1 is 1.07 bits per heavy atom. The van der Waals surface area contributed by atoms with E-state index < -0.39 is 0 Å². The van der Waals surface area contributed by atoms with Gasteiger partial charge in [-0.25, -0.2) is 4.39 Å². The zero-order chi connectivity index (χ0) is 21.3. The number of hydrogen-bond acceptors (Lipinski definition) is 4. The average Bonchev–Trinajstić information content (AvgIpc) is 2.78. The SMILES string of the molecule is CCN1CCN(c2ccc(CNC(=O)CCNC(=O)C3CCCCC3)cc2F)CC1. The smallest absolute Gasteiger partial charge is 0.223 e. The van der Waals surface area contributed by atoms with Crippen molar-refractivity contribution in [2.24, 2.45) is 5.92 Å². The topological polar surface area (TPSA) is 64.7 Å². The summed E-state index contributed by atoms with van der Waals surface area (Å²) in [5.74, 6) is -0.210. The van der Waals surface area contributed by atoms with Crippen molar-refractivity contribution in [2.45, 2.75) is 52.0 Å². The lowest BCUT2D eigenvalue weighted by molar-refractivity contribution is -0.126. The highest BCUT2D eigenvalue weighted by Crippen LogP contribution is 2.24. The van der Waals surface area contributed by atoms with Crippen LogP contribution in [0.25, 0.3) is 0 Å². The predicted octanol–water partition coefficient (Wildman–Crippen LogP) is 2.67. The molecule has 166 valence electrons. The molecule has 6 nitrogen and oxygen atoms in total. The van der Waals surface area contributed by atoms with Gasteiger partial charge in [0.05, 0.1) is 5.69 Å². The summed E-state index contributed by atoms with van der Waals surface area (Å²) in [6.07, 6.45) is 5.58. The van der Waals surface area contributed by atoms with E-state index in [1.165, 1.54) is 12.5 Å². The maximum absolute atomic E-state index is 14.6. The van der Waals surface area contributed by atoms with E-state index in [0.717, 1.165) is 64.0 Å². The third-order valence-electron chi connectivity index (χ3n) is 6.29. The molecule has 0 atom stereocenters. The molecule has 2 N–H and O–H groups in total. The highest BCUT2D eigenvalue weighted by Gasteiger charge is 2.21. The van der Waals surface area contributed by atoms with E-state index >= 15 is 0 Å². The van der Waals surface area contributed by atoms with Crippen LogP contribution in [0.2, 0.25) is 0 Å². The number of halogens is 1. The van der Waals surface area contributed by atoms with Crippen LogP contribution in [-0.2, 0) is 16.1 Å². The van der Waals surface area contributed by atoms with Crippen LogP contribution in [0, 0.1) is 11.7 Å². The number of likely N-dealkylation sites (N-methyl/N-ethyl adjacent to an activating group) is 1. The lowest BCUT2D eigenvalue weighted by Gasteiger charge is -2.35. The molecule has 1 aromatic carbocycles. The Morgan fingerprint density at radius 2 is 1.80 bits per heavy atom. The van der Waals surface area contributed by atoms with Gasteiger partial charge < -0.3 is 20.4 Å². The van der Waals surface area contributed by atoms with Gasteiger partial charge in [-0.2, -0.15) is 0 Å². The second-order valence-electron chi connectivity index (χ2n) is 8.36. The molecular formula is C23H35FN4O2. The first-order valence-corrected chi connectivity index (χ1v) is 11.4. The van der Waals surface area contributed by atoms with E-state index in [2.05, 4.69) is 27.4 Å². The molecule has 30 heavy (non-hydrogen) atoms. The van der Waals surface area contributed by atoms with E-state index in [1.807, 2.05) is 12.1 Å². The molecule has 0 aromatic heterocycles. The molecule has 2 fully saturated rings. The maximum atomic E-state index is 14.6. The first kappa shape index (κ1) is 22.5. The molecule has 7 heteroatoms. The molecule has 0 spiro atoms. The fourth-order valence-corrected chi connectivity index (χ4v) is 4.32. The Hall–Kier alpha value is -2.15. The molecule has 0 unspecified atom stereocenters. The van der Waals surface area contributed by atoms with Crippen LogP contribution in [0.4, 0.5) is 10.1 Å². The monoisotopic (exact) mass is 418 g/mol. The minimum Gasteiger partial charge on any atom is -0.367 e. The zero-order valence-electron chi connectivity index (χ0n) is 18.1. The van der Waals surface area contributed by atoms with Crippen LogP contribution in [0.5, 0.6) is 0 Å². The number of rotatable bonds is 8. The molecule has 1 saturated carbocycles. The number of benzene rings is 1. The van der Waals surface area contributed by atoms with Crippen molar-refractivity contribution in [3.8, 4) is 0 Å². The summed E-state index contributed by atoms with van der Waals surface area (Å²) in [5.41, 5.74) is 1.37. The molecule has 1 aliphatic heterocycles. The number of amides is 2. The molecule has 3 rings (SSSR count). The normalized spacial score (nSPS) is 18.3. The Balaban J connectivity index is 1.38. The first-order valence-electron chi connectivity index (χ1n) is 11.4. The zero-order valence-corrected chi connectivity index (χ0v) is 18.1. The molecule has 1 aromatic rings. The summed E-state index contributed by atoms with van der Waals surface area (Å²) < 4.78 is 14.6. The van der Waals surface area contributed by atoms with Crippen LogP contribution < -0.4 is 15.5 Å². The molecule has 0 bridgehead atoms. The highest BCUT2D eigenvalue weighted by molar-refractivity contribution is 5.80.